The minimum Gasteiger partial charge on any atom is -0.465 e. The number of hydrogen-bond donors (Lipinski definition) is 2. The lowest BCUT2D eigenvalue weighted by Gasteiger charge is -2.08. The van der Waals surface area contributed by atoms with Crippen molar-refractivity contribution in [3.8, 4) is 0 Å². The van der Waals surface area contributed by atoms with Crippen LogP contribution >= 0.6 is 0 Å². The number of nitrogens with one attached hydrogen (secondary N) is 2. The molecule has 0 saturated heterocycles. The fraction of sp³-hybridized carbons (Fsp3) is 0.0556. The van der Waals surface area contributed by atoms with Crippen LogP contribution in [0.2, 0.25) is 0 Å². The Morgan fingerprint density at radius 1 is 1.12 bits per heavy atom. The van der Waals surface area contributed by atoms with Crippen molar-refractivity contribution in [2.45, 2.75) is 6.92 Å². The molecule has 0 aliphatic carbocycles. The van der Waals surface area contributed by atoms with Gasteiger partial charge in [0.2, 0.25) is 5.91 Å². The number of nitrogens with zero attached hydrogens (tertiary/aromatic N) is 2. The van der Waals surface area contributed by atoms with E-state index in [4.69, 9.17) is 4.42 Å². The molecule has 3 aromatic rings. The maximum Gasteiger partial charge on any atom is 0.248 e. The Morgan fingerprint density at radius 3 is 2.79 bits per heavy atom. The van der Waals surface area contributed by atoms with Crippen molar-refractivity contribution in [2.24, 2.45) is 0 Å². The number of aryl methyl sites for hydroxylation is 1. The highest BCUT2D eigenvalue weighted by Gasteiger charge is 2.01. The Hall–Kier alpha value is -3.41. The molecule has 0 radical (unpaired) electrons. The molecule has 6 heteroatoms. The lowest BCUT2D eigenvalue weighted by molar-refractivity contribution is -0.111. The number of carbonyl (C=O) groups excluding carboxylic acids is 1. The number of benzene rings is 1. The second-order valence-electron chi connectivity index (χ2n) is 5.09. The number of amides is 1. The molecule has 1 amide bonds. The normalized spacial score (nSPS) is 10.7. The van der Waals surface area contributed by atoms with Crippen LogP contribution in [0.5, 0.6) is 0 Å². The Morgan fingerprint density at radius 2 is 2.00 bits per heavy atom. The molecular formula is C18H16N4O2. The molecule has 2 heterocycles. The summed E-state index contributed by atoms with van der Waals surface area (Å²) in [6.07, 6.45) is 6.10. The van der Waals surface area contributed by atoms with Gasteiger partial charge in [-0.15, -0.1) is 0 Å². The summed E-state index contributed by atoms with van der Waals surface area (Å²) in [6.45, 7) is 1.90. The number of aromatic nitrogens is 2. The molecule has 0 atom stereocenters. The molecule has 6 nitrogen and oxygen atoms in total. The molecule has 0 fully saturated rings. The first kappa shape index (κ1) is 15.5. The first-order valence-electron chi connectivity index (χ1n) is 7.37. The van der Waals surface area contributed by atoms with Gasteiger partial charge in [-0.3, -0.25) is 4.79 Å². The molecule has 0 aliphatic heterocycles. The van der Waals surface area contributed by atoms with Gasteiger partial charge in [-0.05, 0) is 43.3 Å². The third-order valence-corrected chi connectivity index (χ3v) is 3.15. The monoisotopic (exact) mass is 320 g/mol. The summed E-state index contributed by atoms with van der Waals surface area (Å²) in [5.41, 5.74) is 2.38. The third-order valence-electron chi connectivity index (χ3n) is 3.15. The second-order valence-corrected chi connectivity index (χ2v) is 5.09. The van der Waals surface area contributed by atoms with Crippen LogP contribution in [0.25, 0.3) is 6.08 Å². The van der Waals surface area contributed by atoms with Crippen LogP contribution in [0.3, 0.4) is 0 Å². The van der Waals surface area contributed by atoms with Crippen molar-refractivity contribution in [3.63, 3.8) is 0 Å². The predicted molar refractivity (Wildman–Crippen MR) is 92.9 cm³/mol. The second kappa shape index (κ2) is 7.23. The average molecular weight is 320 g/mol. The van der Waals surface area contributed by atoms with Gasteiger partial charge in [0, 0.05) is 29.2 Å². The van der Waals surface area contributed by atoms with E-state index in [-0.39, 0.29) is 5.91 Å². The average Bonchev–Trinajstić information content (AvgIpc) is 3.07. The van der Waals surface area contributed by atoms with Crippen molar-refractivity contribution < 1.29 is 9.21 Å². The number of hydrogen-bond acceptors (Lipinski definition) is 5. The molecular weight excluding hydrogens is 304 g/mol. The van der Waals surface area contributed by atoms with Crippen LogP contribution in [0.15, 0.2) is 65.5 Å². The van der Waals surface area contributed by atoms with Crippen LogP contribution in [0.1, 0.15) is 11.5 Å². The van der Waals surface area contributed by atoms with E-state index in [2.05, 4.69) is 20.6 Å². The van der Waals surface area contributed by atoms with Gasteiger partial charge in [-0.25, -0.2) is 9.97 Å². The van der Waals surface area contributed by atoms with Gasteiger partial charge in [0.25, 0.3) is 0 Å². The van der Waals surface area contributed by atoms with Crippen molar-refractivity contribution >= 4 is 29.2 Å². The van der Waals surface area contributed by atoms with E-state index < -0.39 is 0 Å². The minimum absolute atomic E-state index is 0.235. The largest absolute Gasteiger partial charge is 0.465 e. The number of rotatable bonds is 5. The zero-order chi connectivity index (χ0) is 16.8. The summed E-state index contributed by atoms with van der Waals surface area (Å²) >= 11 is 0. The molecule has 24 heavy (non-hydrogen) atoms. The lowest BCUT2D eigenvalue weighted by Crippen LogP contribution is -2.07. The van der Waals surface area contributed by atoms with E-state index in [1.165, 1.54) is 12.4 Å². The zero-order valence-corrected chi connectivity index (χ0v) is 13.1. The molecule has 0 unspecified atom stereocenters. The molecule has 2 N–H and O–H groups in total. The van der Waals surface area contributed by atoms with Crippen LogP contribution < -0.4 is 10.6 Å². The summed E-state index contributed by atoms with van der Waals surface area (Å²) in [5.74, 6) is 1.09. The molecule has 2 aromatic heterocycles. The van der Waals surface area contributed by atoms with Crippen LogP contribution in [0, 0.1) is 6.92 Å². The van der Waals surface area contributed by atoms with Gasteiger partial charge in [-0.1, -0.05) is 6.07 Å². The Kier molecular flexibility index (Phi) is 4.67. The Labute approximate surface area is 139 Å². The topological polar surface area (TPSA) is 80.0 Å². The molecule has 0 aliphatic rings. The van der Waals surface area contributed by atoms with Crippen LogP contribution in [-0.4, -0.2) is 15.9 Å². The van der Waals surface area contributed by atoms with E-state index in [1.54, 1.807) is 24.5 Å². The summed E-state index contributed by atoms with van der Waals surface area (Å²) in [6, 6.07) is 12.8. The van der Waals surface area contributed by atoms with Gasteiger partial charge in [0.05, 0.1) is 6.26 Å². The van der Waals surface area contributed by atoms with Crippen molar-refractivity contribution in [1.29, 1.82) is 0 Å². The van der Waals surface area contributed by atoms with E-state index in [9.17, 15) is 4.79 Å². The maximum atomic E-state index is 11.9. The Bertz CT molecular complexity index is 857. The van der Waals surface area contributed by atoms with Crippen molar-refractivity contribution in [1.82, 2.24) is 9.97 Å². The number of furan rings is 1. The molecule has 0 bridgehead atoms. The fourth-order valence-corrected chi connectivity index (χ4v) is 2.07. The fourth-order valence-electron chi connectivity index (χ4n) is 2.07. The van der Waals surface area contributed by atoms with Gasteiger partial charge in [0.1, 0.15) is 17.9 Å². The summed E-state index contributed by atoms with van der Waals surface area (Å²) in [7, 11) is 0. The zero-order valence-electron chi connectivity index (χ0n) is 13.1. The Balaban J connectivity index is 1.65. The lowest BCUT2D eigenvalue weighted by atomic mass is 10.2. The van der Waals surface area contributed by atoms with Crippen molar-refractivity contribution in [3.05, 3.63) is 72.6 Å². The van der Waals surface area contributed by atoms with E-state index in [0.717, 1.165) is 11.4 Å². The van der Waals surface area contributed by atoms with Crippen molar-refractivity contribution in [2.75, 3.05) is 10.6 Å². The predicted octanol–water partition coefficient (Wildman–Crippen LogP) is 3.77. The standard InChI is InChI=1S/C18H16N4O2/c1-13-10-17(20-12-19-13)21-14-4-2-5-15(11-14)22-18(23)8-7-16-6-3-9-24-16/h2-12H,1H3,(H,22,23)(H,19,20,21)/b8-7+. The summed E-state index contributed by atoms with van der Waals surface area (Å²) in [5, 5.41) is 5.98. The molecule has 120 valence electrons. The molecule has 3 rings (SSSR count). The van der Waals surface area contributed by atoms with Crippen LogP contribution in [-0.2, 0) is 4.79 Å². The number of anilines is 3. The first-order chi connectivity index (χ1) is 11.7. The van der Waals surface area contributed by atoms with Gasteiger partial charge in [0.15, 0.2) is 0 Å². The van der Waals surface area contributed by atoms with E-state index in [0.29, 0.717) is 17.3 Å². The molecule has 0 spiro atoms. The minimum atomic E-state index is -0.235. The van der Waals surface area contributed by atoms with E-state index >= 15 is 0 Å². The third kappa shape index (κ3) is 4.30. The summed E-state index contributed by atoms with van der Waals surface area (Å²) < 4.78 is 5.14. The first-order valence-corrected chi connectivity index (χ1v) is 7.37. The van der Waals surface area contributed by atoms with Gasteiger partial charge in [-0.2, -0.15) is 0 Å². The molecule has 1 aromatic carbocycles. The quantitative estimate of drug-likeness (QED) is 0.699. The highest BCUT2D eigenvalue weighted by atomic mass is 16.3. The SMILES string of the molecule is Cc1cc(Nc2cccc(NC(=O)/C=C/c3ccco3)c2)ncn1. The highest BCUT2D eigenvalue weighted by Crippen LogP contribution is 2.19. The maximum absolute atomic E-state index is 11.9. The highest BCUT2D eigenvalue weighted by molar-refractivity contribution is 6.02. The smallest absolute Gasteiger partial charge is 0.248 e. The van der Waals surface area contributed by atoms with Crippen LogP contribution in [0.4, 0.5) is 17.2 Å². The molecule has 0 saturated carbocycles. The van der Waals surface area contributed by atoms with Gasteiger partial charge >= 0.3 is 0 Å². The van der Waals surface area contributed by atoms with Gasteiger partial charge < -0.3 is 15.1 Å². The van der Waals surface area contributed by atoms with E-state index in [1.807, 2.05) is 37.3 Å². The number of carbonyl (C=O) groups is 1. The summed E-state index contributed by atoms with van der Waals surface area (Å²) in [4.78, 5) is 20.2.